The summed E-state index contributed by atoms with van der Waals surface area (Å²) in [5.41, 5.74) is 1.97. The SMILES string of the molecule is CCCCCCn1c[n+](Cc2ccc3ccccc3n2)c(Cl)c1Cl. The number of nitrogens with zero attached hydrogens (tertiary/aromatic N) is 3. The van der Waals surface area contributed by atoms with E-state index in [0.717, 1.165) is 29.6 Å². The van der Waals surface area contributed by atoms with Gasteiger partial charge in [-0.3, -0.25) is 0 Å². The van der Waals surface area contributed by atoms with E-state index in [1.54, 1.807) is 0 Å². The molecule has 2 aromatic heterocycles. The van der Waals surface area contributed by atoms with Crippen LogP contribution in [0.15, 0.2) is 42.7 Å². The van der Waals surface area contributed by atoms with Crippen LogP contribution in [0, 0.1) is 0 Å². The van der Waals surface area contributed by atoms with E-state index in [4.69, 9.17) is 28.2 Å². The second-order valence-electron chi connectivity index (χ2n) is 6.07. The van der Waals surface area contributed by atoms with Crippen LogP contribution in [0.4, 0.5) is 0 Å². The summed E-state index contributed by atoms with van der Waals surface area (Å²) < 4.78 is 3.99. The highest BCUT2D eigenvalue weighted by Crippen LogP contribution is 2.20. The molecule has 0 saturated heterocycles. The molecule has 3 nitrogen and oxygen atoms in total. The van der Waals surface area contributed by atoms with Gasteiger partial charge in [0.1, 0.15) is 6.54 Å². The van der Waals surface area contributed by atoms with Crippen LogP contribution in [0.25, 0.3) is 10.9 Å². The second kappa shape index (κ2) is 8.00. The van der Waals surface area contributed by atoms with Crippen molar-refractivity contribution in [2.24, 2.45) is 0 Å². The number of imidazole rings is 1. The molecule has 0 spiro atoms. The monoisotopic (exact) mass is 362 g/mol. The van der Waals surface area contributed by atoms with Crippen molar-refractivity contribution in [1.29, 1.82) is 0 Å². The molecule has 0 amide bonds. The lowest BCUT2D eigenvalue weighted by atomic mass is 10.2. The highest BCUT2D eigenvalue weighted by Gasteiger charge is 2.20. The number of hydrogen-bond donors (Lipinski definition) is 0. The van der Waals surface area contributed by atoms with E-state index in [0.29, 0.717) is 16.9 Å². The molecule has 126 valence electrons. The Bertz CT molecular complexity index is 827. The molecular formula is C19H22Cl2N3+. The molecule has 0 aliphatic rings. The quantitative estimate of drug-likeness (QED) is 0.415. The summed E-state index contributed by atoms with van der Waals surface area (Å²) in [5.74, 6) is 0. The molecule has 0 radical (unpaired) electrons. The maximum absolute atomic E-state index is 6.40. The molecule has 0 unspecified atom stereocenters. The number of fused-ring (bicyclic) bond motifs is 1. The summed E-state index contributed by atoms with van der Waals surface area (Å²) in [7, 11) is 0. The molecule has 24 heavy (non-hydrogen) atoms. The molecule has 0 bridgehead atoms. The summed E-state index contributed by atoms with van der Waals surface area (Å²) in [6, 6.07) is 12.2. The van der Waals surface area contributed by atoms with Gasteiger partial charge in [-0.05, 0) is 48.2 Å². The number of para-hydroxylation sites is 1. The van der Waals surface area contributed by atoms with Crippen LogP contribution >= 0.6 is 23.2 Å². The predicted molar refractivity (Wildman–Crippen MR) is 99.6 cm³/mol. The lowest BCUT2D eigenvalue weighted by Gasteiger charge is -2.01. The van der Waals surface area contributed by atoms with Crippen molar-refractivity contribution >= 4 is 34.1 Å². The fraction of sp³-hybridized carbons (Fsp3) is 0.368. The topological polar surface area (TPSA) is 21.7 Å². The van der Waals surface area contributed by atoms with Gasteiger partial charge in [0.05, 0.1) is 17.8 Å². The zero-order chi connectivity index (χ0) is 16.9. The number of halogens is 2. The van der Waals surface area contributed by atoms with Crippen molar-refractivity contribution in [3.63, 3.8) is 0 Å². The summed E-state index contributed by atoms with van der Waals surface area (Å²) >= 11 is 12.8. The minimum atomic E-state index is 0.571. The smallest absolute Gasteiger partial charge is 0.249 e. The van der Waals surface area contributed by atoms with E-state index >= 15 is 0 Å². The number of aryl methyl sites for hydroxylation is 1. The molecule has 5 heteroatoms. The third-order valence-electron chi connectivity index (χ3n) is 4.19. The van der Waals surface area contributed by atoms with E-state index in [-0.39, 0.29) is 0 Å². The Kier molecular flexibility index (Phi) is 5.75. The lowest BCUT2D eigenvalue weighted by molar-refractivity contribution is -0.686. The van der Waals surface area contributed by atoms with Gasteiger partial charge in [0.15, 0.2) is 0 Å². The van der Waals surface area contributed by atoms with Crippen LogP contribution in [-0.4, -0.2) is 9.55 Å². The molecule has 3 rings (SSSR count). The molecule has 0 fully saturated rings. The summed E-state index contributed by atoms with van der Waals surface area (Å²) in [4.78, 5) is 4.71. The maximum atomic E-state index is 6.40. The van der Waals surface area contributed by atoms with Crippen LogP contribution in [0.2, 0.25) is 10.3 Å². The average Bonchev–Trinajstić information content (AvgIpc) is 2.87. The van der Waals surface area contributed by atoms with Crippen LogP contribution < -0.4 is 4.57 Å². The lowest BCUT2D eigenvalue weighted by Crippen LogP contribution is -2.33. The van der Waals surface area contributed by atoms with Gasteiger partial charge in [0.25, 0.3) is 10.3 Å². The Morgan fingerprint density at radius 3 is 2.71 bits per heavy atom. The number of rotatable bonds is 7. The van der Waals surface area contributed by atoms with Gasteiger partial charge in [0.2, 0.25) is 6.33 Å². The molecule has 0 atom stereocenters. The predicted octanol–water partition coefficient (Wildman–Crippen LogP) is 5.26. The number of hydrogen-bond acceptors (Lipinski definition) is 1. The van der Waals surface area contributed by atoms with Crippen LogP contribution in [-0.2, 0) is 13.1 Å². The second-order valence-corrected chi connectivity index (χ2v) is 6.79. The fourth-order valence-electron chi connectivity index (χ4n) is 2.85. The number of unbranched alkanes of at least 4 members (excludes halogenated alkanes) is 3. The highest BCUT2D eigenvalue weighted by molar-refractivity contribution is 6.39. The molecule has 2 heterocycles. The maximum Gasteiger partial charge on any atom is 0.255 e. The van der Waals surface area contributed by atoms with Gasteiger partial charge >= 0.3 is 0 Å². The van der Waals surface area contributed by atoms with E-state index in [1.165, 1.54) is 19.3 Å². The van der Waals surface area contributed by atoms with Crippen LogP contribution in [0.3, 0.4) is 0 Å². The molecule has 0 saturated carbocycles. The highest BCUT2D eigenvalue weighted by atomic mass is 35.5. The van der Waals surface area contributed by atoms with Crippen molar-refractivity contribution in [3.8, 4) is 0 Å². The Hall–Kier alpha value is -1.58. The minimum absolute atomic E-state index is 0.571. The van der Waals surface area contributed by atoms with Crippen molar-refractivity contribution in [2.75, 3.05) is 0 Å². The van der Waals surface area contributed by atoms with E-state index < -0.39 is 0 Å². The Morgan fingerprint density at radius 1 is 1.04 bits per heavy atom. The number of benzene rings is 1. The molecule has 3 aromatic rings. The van der Waals surface area contributed by atoms with Crippen molar-refractivity contribution in [1.82, 2.24) is 9.55 Å². The number of aromatic nitrogens is 3. The van der Waals surface area contributed by atoms with Crippen LogP contribution in [0.5, 0.6) is 0 Å². The molecule has 1 aromatic carbocycles. The van der Waals surface area contributed by atoms with Crippen molar-refractivity contribution in [3.05, 3.63) is 58.7 Å². The van der Waals surface area contributed by atoms with Gasteiger partial charge < -0.3 is 0 Å². The Balaban J connectivity index is 1.76. The number of pyridine rings is 1. The third-order valence-corrected chi connectivity index (χ3v) is 5.08. The third kappa shape index (κ3) is 3.90. The first-order valence-corrected chi connectivity index (χ1v) is 9.23. The fourth-order valence-corrected chi connectivity index (χ4v) is 3.30. The summed E-state index contributed by atoms with van der Waals surface area (Å²) in [6.45, 7) is 3.73. The van der Waals surface area contributed by atoms with Gasteiger partial charge in [-0.25, -0.2) is 14.1 Å². The molecular weight excluding hydrogens is 341 g/mol. The first-order chi connectivity index (χ1) is 11.7. The zero-order valence-electron chi connectivity index (χ0n) is 13.9. The van der Waals surface area contributed by atoms with Gasteiger partial charge in [0, 0.05) is 5.39 Å². The zero-order valence-corrected chi connectivity index (χ0v) is 15.4. The summed E-state index contributed by atoms with van der Waals surface area (Å²) in [5, 5.41) is 2.32. The Morgan fingerprint density at radius 2 is 1.88 bits per heavy atom. The van der Waals surface area contributed by atoms with Gasteiger partial charge in [-0.2, -0.15) is 0 Å². The van der Waals surface area contributed by atoms with E-state index in [9.17, 15) is 0 Å². The molecule has 0 aliphatic carbocycles. The molecule has 0 N–H and O–H groups in total. The van der Waals surface area contributed by atoms with Crippen molar-refractivity contribution < 1.29 is 4.57 Å². The largest absolute Gasteiger partial charge is 0.255 e. The first-order valence-electron chi connectivity index (χ1n) is 8.47. The van der Waals surface area contributed by atoms with Crippen LogP contribution in [0.1, 0.15) is 38.3 Å². The minimum Gasteiger partial charge on any atom is -0.249 e. The standard InChI is InChI=1S/C19H22Cl2N3/c1-2-3-4-7-12-23-14-24(19(21)18(23)20)13-16-11-10-15-8-5-6-9-17(15)22-16/h5-6,8-11,14H,2-4,7,12-13H2,1H3/q+1. The first kappa shape index (κ1) is 17.2. The normalized spacial score (nSPS) is 11.3. The van der Waals surface area contributed by atoms with E-state index in [1.807, 2.05) is 39.7 Å². The van der Waals surface area contributed by atoms with Gasteiger partial charge in [-0.1, -0.05) is 44.0 Å². The Labute approximate surface area is 152 Å². The molecule has 0 aliphatic heterocycles. The van der Waals surface area contributed by atoms with Crippen molar-refractivity contribution in [2.45, 2.75) is 45.7 Å². The summed E-state index contributed by atoms with van der Waals surface area (Å²) in [6.07, 6.45) is 6.82. The average molecular weight is 363 g/mol. The van der Waals surface area contributed by atoms with E-state index in [2.05, 4.69) is 19.1 Å². The van der Waals surface area contributed by atoms with Gasteiger partial charge in [-0.15, -0.1) is 0 Å².